The van der Waals surface area contributed by atoms with Crippen LogP contribution in [0.3, 0.4) is 0 Å². The Morgan fingerprint density at radius 2 is 1.56 bits per heavy atom. The number of aryl methyl sites for hydroxylation is 1. The van der Waals surface area contributed by atoms with Gasteiger partial charge < -0.3 is 19.1 Å². The third-order valence-corrected chi connectivity index (χ3v) is 15.7. The summed E-state index contributed by atoms with van der Waals surface area (Å²) in [5.41, 5.74) is 10.1. The number of fused-ring (bicyclic) bond motifs is 3. The zero-order chi connectivity index (χ0) is 47.9. The van der Waals surface area contributed by atoms with Crippen LogP contribution >= 0.6 is 0 Å². The molecule has 2 N–H and O–H groups in total. The number of hydrogen-bond donors (Lipinski definition) is 2. The van der Waals surface area contributed by atoms with Crippen LogP contribution in [0, 0.1) is 5.92 Å². The van der Waals surface area contributed by atoms with Gasteiger partial charge in [-0.25, -0.2) is 9.78 Å². The molecule has 0 saturated carbocycles. The lowest BCUT2D eigenvalue weighted by atomic mass is 9.88. The topological polar surface area (TPSA) is 159 Å². The van der Waals surface area contributed by atoms with Gasteiger partial charge in [-0.05, 0) is 128 Å². The zero-order valence-corrected chi connectivity index (χ0v) is 40.3. The molecule has 1 unspecified atom stereocenters. The van der Waals surface area contributed by atoms with Crippen molar-refractivity contribution in [1.29, 1.82) is 0 Å². The van der Waals surface area contributed by atoms with E-state index in [0.29, 0.717) is 36.9 Å². The van der Waals surface area contributed by atoms with Crippen LogP contribution in [0.5, 0.6) is 0 Å². The summed E-state index contributed by atoms with van der Waals surface area (Å²) in [5.74, 6) is 0.464. The van der Waals surface area contributed by atoms with E-state index in [4.69, 9.17) is 9.72 Å². The molecule has 3 amide bonds. The van der Waals surface area contributed by atoms with Gasteiger partial charge in [0, 0.05) is 108 Å². The summed E-state index contributed by atoms with van der Waals surface area (Å²) in [6.45, 7) is 11.0. The normalized spacial score (nSPS) is 19.5. The molecule has 4 saturated heterocycles. The monoisotopic (exact) mass is 946 g/mol. The second-order valence-corrected chi connectivity index (χ2v) is 20.0. The summed E-state index contributed by atoms with van der Waals surface area (Å²) < 4.78 is 10.8. The molecular weight excluding hydrogens is 883 g/mol. The number of ether oxygens (including phenoxy) is 1. The van der Waals surface area contributed by atoms with Crippen LogP contribution in [-0.4, -0.2) is 139 Å². The number of aromatic nitrogens is 6. The molecular formula is C54H63N11O5. The summed E-state index contributed by atoms with van der Waals surface area (Å²) in [5, 5.41) is 11.9. The van der Waals surface area contributed by atoms with Gasteiger partial charge in [-0.2, -0.15) is 5.10 Å². The van der Waals surface area contributed by atoms with Crippen LogP contribution in [0.15, 0.2) is 90.0 Å². The Labute approximate surface area is 407 Å². The number of aromatic amines is 1. The number of pyridine rings is 1. The third-order valence-electron chi connectivity index (χ3n) is 15.7. The largest absolute Gasteiger partial charge is 0.383 e. The number of carbonyl (C=O) groups is 3. The number of nitrogens with zero attached hydrogens (tertiary/aromatic N) is 9. The molecule has 1 atom stereocenters. The van der Waals surface area contributed by atoms with Crippen LogP contribution in [0.25, 0.3) is 44.1 Å². The number of likely N-dealkylation sites (tertiary alicyclic amines) is 2. The summed E-state index contributed by atoms with van der Waals surface area (Å²) in [7, 11) is 3.74. The number of H-pyrrole nitrogens is 1. The Hall–Kier alpha value is -6.46. The third kappa shape index (κ3) is 9.20. The maximum absolute atomic E-state index is 13.7. The van der Waals surface area contributed by atoms with Crippen LogP contribution in [0.1, 0.15) is 77.7 Å². The number of amides is 3. The standard InChI is InChI=1S/C54H63N11O5/c1-59-43(31-45-44(13-18-55-51(45)59)41-8-9-46-42(30-41)32-56-58-46)35-60-19-16-39(17-20-60)38-4-6-40(7-5-38)53(68)63-21-14-36(15-22-63)33-61-23-25-62(26-24-61)34-37-3-10-47-49(29-37)64(27-28-70-2)54(69)65(47)48-11-12-50(66)57-52(48)67/h3-10,13,18,29-32,36,39,48H,11-12,14-17,19-28,33-35H2,1-2H3,(H,56,58)(H,57,66,67). The lowest BCUT2D eigenvalue weighted by Crippen LogP contribution is -2.48. The first-order chi connectivity index (χ1) is 34.2. The van der Waals surface area contributed by atoms with Crippen molar-refractivity contribution < 1.29 is 19.1 Å². The molecule has 7 aromatic rings. The first-order valence-corrected chi connectivity index (χ1v) is 25.2. The molecule has 0 spiro atoms. The van der Waals surface area contributed by atoms with Crippen molar-refractivity contribution in [3.05, 3.63) is 118 Å². The van der Waals surface area contributed by atoms with Gasteiger partial charge in [-0.1, -0.05) is 24.3 Å². The lowest BCUT2D eigenvalue weighted by Gasteiger charge is -2.39. The SMILES string of the molecule is COCCn1c(=O)n(C2CCC(=O)NC2=O)c2ccc(CN3CCN(CC4CCN(C(=O)c5ccc(C6CCN(Cc7cc8c(-c9ccc%10[nH]ncc%10c9)ccnc8n7C)CC6)cc5)CC4)CC3)cc21. The highest BCUT2D eigenvalue weighted by Gasteiger charge is 2.32. The van der Waals surface area contributed by atoms with E-state index in [1.165, 1.54) is 27.8 Å². The van der Waals surface area contributed by atoms with Gasteiger partial charge >= 0.3 is 5.69 Å². The van der Waals surface area contributed by atoms with Gasteiger partial charge in [0.15, 0.2) is 0 Å². The molecule has 16 nitrogen and oxygen atoms in total. The quantitative estimate of drug-likeness (QED) is 0.133. The number of carbonyl (C=O) groups excluding carboxylic acids is 3. The smallest absolute Gasteiger partial charge is 0.329 e. The molecule has 0 bridgehead atoms. The molecule has 4 aromatic heterocycles. The lowest BCUT2D eigenvalue weighted by molar-refractivity contribution is -0.135. The first-order valence-electron chi connectivity index (χ1n) is 25.2. The predicted molar refractivity (Wildman–Crippen MR) is 269 cm³/mol. The van der Waals surface area contributed by atoms with E-state index in [0.717, 1.165) is 131 Å². The number of methoxy groups -OCH3 is 1. The molecule has 11 rings (SSSR count). The fourth-order valence-electron chi connectivity index (χ4n) is 11.6. The number of hydrogen-bond acceptors (Lipinski definition) is 10. The number of imidazole rings is 1. The predicted octanol–water partition coefficient (Wildman–Crippen LogP) is 5.91. The minimum absolute atomic E-state index is 0.143. The van der Waals surface area contributed by atoms with E-state index in [9.17, 15) is 19.2 Å². The second-order valence-electron chi connectivity index (χ2n) is 20.0. The van der Waals surface area contributed by atoms with E-state index < -0.39 is 11.9 Å². The molecule has 364 valence electrons. The van der Waals surface area contributed by atoms with Crippen molar-refractivity contribution in [3.8, 4) is 11.1 Å². The zero-order valence-electron chi connectivity index (χ0n) is 40.3. The van der Waals surface area contributed by atoms with Gasteiger partial charge in [0.25, 0.3) is 5.91 Å². The number of piperidine rings is 3. The average molecular weight is 946 g/mol. The number of piperazine rings is 1. The van der Waals surface area contributed by atoms with Gasteiger partial charge in [-0.3, -0.25) is 43.7 Å². The average Bonchev–Trinajstić information content (AvgIpc) is 4.07. The van der Waals surface area contributed by atoms with E-state index >= 15 is 0 Å². The van der Waals surface area contributed by atoms with Gasteiger partial charge in [0.2, 0.25) is 11.8 Å². The number of imide groups is 1. The van der Waals surface area contributed by atoms with Crippen LogP contribution in [-0.2, 0) is 41.0 Å². The molecule has 0 radical (unpaired) electrons. The summed E-state index contributed by atoms with van der Waals surface area (Å²) in [6, 6.07) is 24.7. The van der Waals surface area contributed by atoms with Crippen molar-refractivity contribution in [3.63, 3.8) is 0 Å². The van der Waals surface area contributed by atoms with Crippen LogP contribution < -0.4 is 11.0 Å². The summed E-state index contributed by atoms with van der Waals surface area (Å²) in [4.78, 5) is 66.5. The van der Waals surface area contributed by atoms with Crippen LogP contribution in [0.2, 0.25) is 0 Å². The maximum atomic E-state index is 13.7. The summed E-state index contributed by atoms with van der Waals surface area (Å²) in [6.07, 6.45) is 8.51. The Bertz CT molecular complexity index is 3110. The first kappa shape index (κ1) is 46.0. The maximum Gasteiger partial charge on any atom is 0.329 e. The van der Waals surface area contributed by atoms with Crippen molar-refractivity contribution in [2.45, 2.75) is 70.1 Å². The Morgan fingerprint density at radius 3 is 2.33 bits per heavy atom. The molecule has 16 heteroatoms. The highest BCUT2D eigenvalue weighted by Crippen LogP contribution is 2.34. The Morgan fingerprint density at radius 1 is 0.786 bits per heavy atom. The van der Waals surface area contributed by atoms with Crippen LogP contribution in [0.4, 0.5) is 0 Å². The van der Waals surface area contributed by atoms with Gasteiger partial charge in [0.05, 0.1) is 35.9 Å². The number of benzene rings is 3. The highest BCUT2D eigenvalue weighted by molar-refractivity contribution is 6.00. The van der Waals surface area contributed by atoms with E-state index in [2.05, 4.69) is 113 Å². The van der Waals surface area contributed by atoms with E-state index in [1.807, 2.05) is 18.5 Å². The molecule has 8 heterocycles. The molecule has 0 aliphatic carbocycles. The number of nitrogens with one attached hydrogen (secondary N) is 2. The van der Waals surface area contributed by atoms with E-state index in [-0.39, 0.29) is 23.9 Å². The molecule has 4 aliphatic heterocycles. The minimum Gasteiger partial charge on any atom is -0.383 e. The van der Waals surface area contributed by atoms with Crippen molar-refractivity contribution >= 4 is 50.7 Å². The Balaban J connectivity index is 0.631. The number of rotatable bonds is 13. The Kier molecular flexibility index (Phi) is 13.0. The van der Waals surface area contributed by atoms with Crippen molar-refractivity contribution in [2.24, 2.45) is 13.0 Å². The van der Waals surface area contributed by atoms with Gasteiger partial charge in [0.1, 0.15) is 11.7 Å². The minimum atomic E-state index is -0.721. The molecule has 4 aliphatic rings. The fraction of sp³-hybridized carbons (Fsp3) is 0.444. The molecule has 70 heavy (non-hydrogen) atoms. The van der Waals surface area contributed by atoms with E-state index in [1.54, 1.807) is 16.2 Å². The molecule has 4 fully saturated rings. The fourth-order valence-corrected chi connectivity index (χ4v) is 11.6. The second kappa shape index (κ2) is 19.7. The summed E-state index contributed by atoms with van der Waals surface area (Å²) >= 11 is 0. The molecule has 3 aromatic carbocycles. The van der Waals surface area contributed by atoms with Crippen molar-refractivity contribution in [2.75, 3.05) is 72.6 Å². The van der Waals surface area contributed by atoms with Gasteiger partial charge in [-0.15, -0.1) is 0 Å². The highest BCUT2D eigenvalue weighted by atomic mass is 16.5. The van der Waals surface area contributed by atoms with Crippen molar-refractivity contribution in [1.82, 2.24) is 53.8 Å².